The van der Waals surface area contributed by atoms with E-state index in [1.54, 1.807) is 18.3 Å². The van der Waals surface area contributed by atoms with Gasteiger partial charge in [0.2, 0.25) is 5.69 Å². The molecule has 0 atom stereocenters. The van der Waals surface area contributed by atoms with Gasteiger partial charge in [-0.3, -0.25) is 0 Å². The van der Waals surface area contributed by atoms with Crippen LogP contribution in [0.2, 0.25) is 0 Å². The number of anilines is 1. The lowest BCUT2D eigenvalue weighted by atomic mass is 10.0. The van der Waals surface area contributed by atoms with Crippen LogP contribution in [0.3, 0.4) is 0 Å². The van der Waals surface area contributed by atoms with E-state index in [4.69, 9.17) is 5.11 Å². The lowest BCUT2D eigenvalue weighted by Gasteiger charge is -2.09. The first-order valence-electron chi connectivity index (χ1n) is 8.80. The van der Waals surface area contributed by atoms with Gasteiger partial charge in [-0.2, -0.15) is 4.74 Å². The Labute approximate surface area is 156 Å². The number of nitrogens with one attached hydrogen (secondary N) is 1. The van der Waals surface area contributed by atoms with E-state index in [1.807, 2.05) is 60.7 Å². The summed E-state index contributed by atoms with van der Waals surface area (Å²) in [6.45, 7) is 0.535. The SMILES string of the molecule is [O-]/[N+](=C\c1c2ccccc2nc2ccccc12)c1ccc(NCCO)cc1. The normalized spacial score (nSPS) is 11.8. The molecule has 3 aromatic carbocycles. The highest BCUT2D eigenvalue weighted by atomic mass is 16.5. The molecule has 0 unspecified atom stereocenters. The Morgan fingerprint density at radius 3 is 2.07 bits per heavy atom. The van der Waals surface area contributed by atoms with Crippen LogP contribution in [0.25, 0.3) is 21.8 Å². The van der Waals surface area contributed by atoms with Crippen molar-refractivity contribution >= 4 is 39.4 Å². The van der Waals surface area contributed by atoms with Gasteiger partial charge in [-0.05, 0) is 24.3 Å². The minimum absolute atomic E-state index is 0.0609. The number of aliphatic hydroxyl groups is 1. The van der Waals surface area contributed by atoms with Gasteiger partial charge in [-0.25, -0.2) is 4.98 Å². The molecule has 2 N–H and O–H groups in total. The molecule has 0 aliphatic carbocycles. The topological polar surface area (TPSA) is 71.2 Å². The van der Waals surface area contributed by atoms with Crippen molar-refractivity contribution < 1.29 is 9.85 Å². The summed E-state index contributed by atoms with van der Waals surface area (Å²) >= 11 is 0. The number of nitrogens with zero attached hydrogens (tertiary/aromatic N) is 2. The van der Waals surface area contributed by atoms with Crippen LogP contribution in [0.5, 0.6) is 0 Å². The minimum atomic E-state index is 0.0609. The average molecular weight is 357 g/mol. The van der Waals surface area contributed by atoms with Gasteiger partial charge < -0.3 is 15.6 Å². The molecule has 0 bridgehead atoms. The molecule has 27 heavy (non-hydrogen) atoms. The highest BCUT2D eigenvalue weighted by molar-refractivity contribution is 6.09. The number of pyridine rings is 1. The van der Waals surface area contributed by atoms with Gasteiger partial charge in [0, 0.05) is 35.1 Å². The summed E-state index contributed by atoms with van der Waals surface area (Å²) in [5.74, 6) is 0. The number of rotatable bonds is 5. The maximum atomic E-state index is 12.8. The zero-order valence-corrected chi connectivity index (χ0v) is 14.7. The monoisotopic (exact) mass is 357 g/mol. The second kappa shape index (κ2) is 7.43. The number of hydrogen-bond acceptors (Lipinski definition) is 4. The van der Waals surface area contributed by atoms with Crippen molar-refractivity contribution in [3.8, 4) is 0 Å². The minimum Gasteiger partial charge on any atom is -0.618 e. The van der Waals surface area contributed by atoms with Crippen LogP contribution in [-0.2, 0) is 0 Å². The number of fused-ring (bicyclic) bond motifs is 2. The summed E-state index contributed by atoms with van der Waals surface area (Å²) in [5.41, 5.74) is 3.98. The zero-order chi connectivity index (χ0) is 18.6. The van der Waals surface area contributed by atoms with Gasteiger partial charge in [0.25, 0.3) is 0 Å². The van der Waals surface area contributed by atoms with Gasteiger partial charge >= 0.3 is 0 Å². The first kappa shape index (κ1) is 17.0. The Kier molecular flexibility index (Phi) is 4.68. The third-order valence-electron chi connectivity index (χ3n) is 4.44. The van der Waals surface area contributed by atoms with E-state index < -0.39 is 0 Å². The fourth-order valence-electron chi connectivity index (χ4n) is 3.13. The first-order chi connectivity index (χ1) is 13.3. The molecule has 5 nitrogen and oxygen atoms in total. The maximum absolute atomic E-state index is 12.8. The second-order valence-corrected chi connectivity index (χ2v) is 6.21. The van der Waals surface area contributed by atoms with Crippen molar-refractivity contribution in [2.45, 2.75) is 0 Å². The fraction of sp³-hybridized carbons (Fsp3) is 0.0909. The lowest BCUT2D eigenvalue weighted by molar-refractivity contribution is -0.354. The van der Waals surface area contributed by atoms with Crippen LogP contribution in [0.4, 0.5) is 11.4 Å². The fourth-order valence-corrected chi connectivity index (χ4v) is 3.13. The van der Waals surface area contributed by atoms with E-state index in [1.165, 1.54) is 0 Å². The summed E-state index contributed by atoms with van der Waals surface area (Å²) in [5, 5.41) is 26.6. The van der Waals surface area contributed by atoms with E-state index in [-0.39, 0.29) is 6.61 Å². The Balaban J connectivity index is 1.80. The summed E-state index contributed by atoms with van der Waals surface area (Å²) in [7, 11) is 0. The van der Waals surface area contributed by atoms with Crippen LogP contribution in [0.1, 0.15) is 5.56 Å². The van der Waals surface area contributed by atoms with Crippen LogP contribution in [0.15, 0.2) is 72.8 Å². The Bertz CT molecular complexity index is 1070. The number of benzene rings is 3. The molecule has 0 saturated heterocycles. The molecule has 4 aromatic rings. The highest BCUT2D eigenvalue weighted by Crippen LogP contribution is 2.25. The third-order valence-corrected chi connectivity index (χ3v) is 4.44. The van der Waals surface area contributed by atoms with Gasteiger partial charge in [0.15, 0.2) is 6.21 Å². The number of aromatic nitrogens is 1. The third kappa shape index (κ3) is 3.45. The Hall–Kier alpha value is -3.44. The van der Waals surface area contributed by atoms with Gasteiger partial charge in [-0.1, -0.05) is 36.4 Å². The van der Waals surface area contributed by atoms with Crippen molar-refractivity contribution in [1.29, 1.82) is 0 Å². The molecule has 1 aromatic heterocycles. The summed E-state index contributed by atoms with van der Waals surface area (Å²) in [4.78, 5) is 4.69. The van der Waals surface area contributed by atoms with Gasteiger partial charge in [0.1, 0.15) is 0 Å². The summed E-state index contributed by atoms with van der Waals surface area (Å²) < 4.78 is 0.879. The second-order valence-electron chi connectivity index (χ2n) is 6.21. The summed E-state index contributed by atoms with van der Waals surface area (Å²) in [6.07, 6.45) is 1.61. The molecule has 0 fully saturated rings. The molecule has 0 saturated carbocycles. The van der Waals surface area contributed by atoms with Crippen LogP contribution in [-0.4, -0.2) is 34.2 Å². The Morgan fingerprint density at radius 1 is 0.889 bits per heavy atom. The molecule has 5 heteroatoms. The van der Waals surface area contributed by atoms with E-state index >= 15 is 0 Å². The van der Waals surface area contributed by atoms with Crippen LogP contribution < -0.4 is 5.32 Å². The molecule has 4 rings (SSSR count). The number of hydrogen-bond donors (Lipinski definition) is 2. The molecule has 1 heterocycles. The molecule has 0 aliphatic rings. The molecule has 0 spiro atoms. The molecule has 0 radical (unpaired) electrons. The lowest BCUT2D eigenvalue weighted by Crippen LogP contribution is -2.05. The molecular weight excluding hydrogens is 338 g/mol. The van der Waals surface area contributed by atoms with Crippen LogP contribution in [0, 0.1) is 5.21 Å². The average Bonchev–Trinajstić information content (AvgIpc) is 2.72. The molecule has 134 valence electrons. The van der Waals surface area contributed by atoms with Crippen molar-refractivity contribution in [3.63, 3.8) is 0 Å². The molecule has 0 amide bonds. The van der Waals surface area contributed by atoms with E-state index in [0.29, 0.717) is 12.2 Å². The molecule has 0 aliphatic heterocycles. The van der Waals surface area contributed by atoms with Gasteiger partial charge in [-0.15, -0.1) is 0 Å². The molecular formula is C22H19N3O2. The van der Waals surface area contributed by atoms with Crippen molar-refractivity contribution in [2.75, 3.05) is 18.5 Å². The smallest absolute Gasteiger partial charge is 0.216 e. The van der Waals surface area contributed by atoms with E-state index in [2.05, 4.69) is 10.3 Å². The highest BCUT2D eigenvalue weighted by Gasteiger charge is 2.11. The van der Waals surface area contributed by atoms with Crippen molar-refractivity contribution in [2.24, 2.45) is 0 Å². The van der Waals surface area contributed by atoms with Crippen molar-refractivity contribution in [1.82, 2.24) is 4.98 Å². The first-order valence-corrected chi connectivity index (χ1v) is 8.80. The maximum Gasteiger partial charge on any atom is 0.216 e. The van der Waals surface area contributed by atoms with Crippen LogP contribution >= 0.6 is 0 Å². The number of aliphatic hydroxyl groups excluding tert-OH is 1. The van der Waals surface area contributed by atoms with E-state index in [0.717, 1.165) is 37.8 Å². The standard InChI is InChI=1S/C22H19N3O2/c26-14-13-23-16-9-11-17(12-10-16)25(27)15-20-18-5-1-3-7-21(18)24-22-8-4-2-6-19(20)22/h1-12,15,23,26H,13-14H2/b25-15-. The Morgan fingerprint density at radius 2 is 1.48 bits per heavy atom. The van der Waals surface area contributed by atoms with E-state index in [9.17, 15) is 5.21 Å². The predicted molar refractivity (Wildman–Crippen MR) is 110 cm³/mol. The number of para-hydroxylation sites is 2. The predicted octanol–water partition coefficient (Wildman–Crippen LogP) is 4.05. The zero-order valence-electron chi connectivity index (χ0n) is 14.7. The van der Waals surface area contributed by atoms with Crippen molar-refractivity contribution in [3.05, 3.63) is 83.6 Å². The summed E-state index contributed by atoms with van der Waals surface area (Å²) in [6, 6.07) is 22.8. The quantitative estimate of drug-likeness (QED) is 0.186. The van der Waals surface area contributed by atoms with Gasteiger partial charge in [0.05, 0.1) is 23.2 Å². The largest absolute Gasteiger partial charge is 0.618 e.